The van der Waals surface area contributed by atoms with Crippen LogP contribution < -0.4 is 27.6 Å². The van der Waals surface area contributed by atoms with Gasteiger partial charge in [-0.1, -0.05) is 73.4 Å². The average molecular weight is 1030 g/mol. The Morgan fingerprint density at radius 1 is 1.14 bits per heavy atom. The summed E-state index contributed by atoms with van der Waals surface area (Å²) in [6.07, 6.45) is 14.8. The fourth-order valence-corrected chi connectivity index (χ4v) is 9.23. The normalized spacial score (nSPS) is 17.5. The van der Waals surface area contributed by atoms with Crippen LogP contribution in [0.1, 0.15) is 138 Å². The standard InChI is InChI=1S/C37H53N5O2S.C8H18N2.C6H12N2.C3H4O.C2H6.CH5N.CH2O/c1-9-31(39-25(3)23-37(7)19-11-15-33(45)40-41-37)27-16-17-32-29(22-27)30(24-36(5,6)18-13-21-43)35(42(32)10-2)28-14-12-20-38-34(28)26(4)44-8;1-6(2)8(7(3)9)10(4)5;1-3-8-4-6(5-8)7-2;1-2-3-4;3*1-2/h9,12,14,16-17,20-22,26,33,40-41,45H,10-11,13,15,18-19,23-24H2,1-8H3;6,8H,3,9H2,1-2,4-5H3;3,6-7H,1,4-5H2,2H3;2-3H,1H2;1-2H3;2H2,1H3;1H2/b31-9-,39-25?;;;;;;. The van der Waals surface area contributed by atoms with E-state index in [9.17, 15) is 4.79 Å². The van der Waals surface area contributed by atoms with Gasteiger partial charge in [-0.15, -0.1) is 0 Å². The molecule has 73 heavy (non-hydrogen) atoms. The molecule has 412 valence electrons. The molecule has 4 unspecified atom stereocenters. The highest BCUT2D eigenvalue weighted by Gasteiger charge is 2.30. The predicted octanol–water partition coefficient (Wildman–Crippen LogP) is 10.3. The molecular weight excluding hydrogens is 933 g/mol. The first-order valence-corrected chi connectivity index (χ1v) is 26.3. The number of carbonyl (C=O) groups excluding carboxylic acids is 3. The van der Waals surface area contributed by atoms with Crippen LogP contribution in [-0.4, -0.2) is 116 Å². The molecule has 2 saturated heterocycles. The molecule has 15 heteroatoms. The molecule has 14 nitrogen and oxygen atoms in total. The second-order valence-corrected chi connectivity index (χ2v) is 19.9. The van der Waals surface area contributed by atoms with Crippen LogP contribution in [0.4, 0.5) is 0 Å². The van der Waals surface area contributed by atoms with Crippen LogP contribution in [0.2, 0.25) is 0 Å². The molecule has 4 atom stereocenters. The fraction of sp³-hybridized carbons (Fsp3) is 0.569. The van der Waals surface area contributed by atoms with Crippen LogP contribution in [0.5, 0.6) is 0 Å². The lowest BCUT2D eigenvalue weighted by Crippen LogP contribution is -2.54. The predicted molar refractivity (Wildman–Crippen MR) is 317 cm³/mol. The number of nitrogens with zero attached hydrogens (tertiary/aromatic N) is 5. The minimum atomic E-state index is -0.151. The molecule has 2 aliphatic rings. The van der Waals surface area contributed by atoms with Crippen molar-refractivity contribution in [1.29, 1.82) is 0 Å². The number of methoxy groups -OCH3 is 1. The second-order valence-electron chi connectivity index (χ2n) is 19.3. The fourth-order valence-electron chi connectivity index (χ4n) is 8.99. The van der Waals surface area contributed by atoms with Crippen molar-refractivity contribution < 1.29 is 19.1 Å². The lowest BCUT2D eigenvalue weighted by atomic mass is 9.80. The Morgan fingerprint density at radius 3 is 2.22 bits per heavy atom. The van der Waals surface area contributed by atoms with E-state index in [0.717, 1.165) is 98.4 Å². The number of aldehydes is 2. The molecule has 0 spiro atoms. The minimum absolute atomic E-state index is 0.0762. The van der Waals surface area contributed by atoms with E-state index in [4.69, 9.17) is 30.0 Å². The van der Waals surface area contributed by atoms with Gasteiger partial charge in [0.2, 0.25) is 0 Å². The van der Waals surface area contributed by atoms with Crippen molar-refractivity contribution in [3.8, 4) is 11.3 Å². The van der Waals surface area contributed by atoms with Crippen LogP contribution in [0.15, 0.2) is 85.3 Å². The third-order valence-corrected chi connectivity index (χ3v) is 12.8. The molecule has 1 aromatic carbocycles. The summed E-state index contributed by atoms with van der Waals surface area (Å²) < 4.78 is 8.18. The number of likely N-dealkylation sites (tertiary alicyclic amines) is 1. The van der Waals surface area contributed by atoms with Gasteiger partial charge >= 0.3 is 0 Å². The van der Waals surface area contributed by atoms with Gasteiger partial charge in [0.05, 0.1) is 34.6 Å². The number of carbonyl (C=O) groups is 3. The molecule has 4 heterocycles. The van der Waals surface area contributed by atoms with Crippen molar-refractivity contribution in [2.24, 2.45) is 27.8 Å². The van der Waals surface area contributed by atoms with Gasteiger partial charge in [-0.05, 0) is 148 Å². The van der Waals surface area contributed by atoms with Crippen molar-refractivity contribution in [1.82, 2.24) is 35.5 Å². The summed E-state index contributed by atoms with van der Waals surface area (Å²) in [5.41, 5.74) is 26.4. The highest BCUT2D eigenvalue weighted by atomic mass is 32.1. The maximum Gasteiger partial charge on any atom is 0.142 e. The van der Waals surface area contributed by atoms with E-state index in [0.29, 0.717) is 30.7 Å². The summed E-state index contributed by atoms with van der Waals surface area (Å²) in [6, 6.07) is 11.9. The van der Waals surface area contributed by atoms with Crippen molar-refractivity contribution in [3.05, 3.63) is 97.1 Å². The number of pyridine rings is 1. The zero-order chi connectivity index (χ0) is 56.5. The molecule has 2 fully saturated rings. The molecule has 0 radical (unpaired) electrons. The first kappa shape index (κ1) is 70.3. The molecule has 2 aromatic heterocycles. The molecule has 0 aliphatic carbocycles. The molecule has 7 N–H and O–H groups in total. The number of aliphatic imine (C=N–C) groups is 1. The molecule has 0 bridgehead atoms. The first-order chi connectivity index (χ1) is 34.7. The number of rotatable bonds is 19. The van der Waals surface area contributed by atoms with Gasteiger partial charge in [0, 0.05) is 90.8 Å². The summed E-state index contributed by atoms with van der Waals surface area (Å²) in [5, 5.41) is 4.56. The topological polar surface area (TPSA) is 185 Å². The molecule has 0 amide bonds. The number of aromatic nitrogens is 2. The zero-order valence-corrected chi connectivity index (χ0v) is 49.0. The Bertz CT molecular complexity index is 2110. The summed E-state index contributed by atoms with van der Waals surface area (Å²) in [4.78, 5) is 42.7. The number of hydrogen-bond donors (Lipinski definition) is 6. The molecular formula is C58H100N10O4S. The zero-order valence-electron chi connectivity index (χ0n) is 48.1. The summed E-state index contributed by atoms with van der Waals surface area (Å²) in [6.45, 7) is 39.1. The Hall–Kier alpha value is -4.74. The van der Waals surface area contributed by atoms with Gasteiger partial charge in [-0.3, -0.25) is 20.2 Å². The Labute approximate surface area is 448 Å². The van der Waals surface area contributed by atoms with Gasteiger partial charge < -0.3 is 45.5 Å². The maximum absolute atomic E-state index is 11.4. The lowest BCUT2D eigenvalue weighted by Gasteiger charge is -2.37. The summed E-state index contributed by atoms with van der Waals surface area (Å²) in [7, 11) is 9.26. The number of allylic oxidation sites excluding steroid dienone is 2. The van der Waals surface area contributed by atoms with Crippen LogP contribution in [0.3, 0.4) is 0 Å². The average Bonchev–Trinajstić information content (AvgIpc) is 3.55. The smallest absolute Gasteiger partial charge is 0.142 e. The molecule has 2 aliphatic heterocycles. The number of ether oxygens (including phenoxy) is 1. The number of thiol groups is 1. The van der Waals surface area contributed by atoms with E-state index in [2.05, 4.69) is 154 Å². The SMILES string of the molecule is C/C=C(\N=C(C)CC1(C)CCCC(S)NN1)c1ccc2c(c1)c(CC(C)(C)CCC=O)c(-c1cccnc1C(C)OC)n2CC.C=C(N)C(C(C)C)N(C)C.C=CC=O.C=CN1CC(NC)C1.C=O.CC.CN. The van der Waals surface area contributed by atoms with E-state index in [1.807, 2.05) is 67.2 Å². The Balaban J connectivity index is 0. The quantitative estimate of drug-likeness (QED) is 0.0289. The van der Waals surface area contributed by atoms with Gasteiger partial charge in [0.1, 0.15) is 19.4 Å². The van der Waals surface area contributed by atoms with Crippen molar-refractivity contribution in [2.75, 3.05) is 48.4 Å². The first-order valence-electron chi connectivity index (χ1n) is 25.8. The maximum atomic E-state index is 11.4. The van der Waals surface area contributed by atoms with Crippen LogP contribution in [0, 0.1) is 11.3 Å². The molecule has 5 rings (SSSR count). The third-order valence-electron chi connectivity index (χ3n) is 12.4. The highest BCUT2D eigenvalue weighted by Crippen LogP contribution is 2.42. The van der Waals surface area contributed by atoms with Crippen LogP contribution in [-0.2, 0) is 32.1 Å². The lowest BCUT2D eigenvalue weighted by molar-refractivity contribution is -0.108. The minimum Gasteiger partial charge on any atom is -0.401 e. The van der Waals surface area contributed by atoms with Gasteiger partial charge in [0.25, 0.3) is 0 Å². The number of nitrogens with one attached hydrogen (secondary N) is 3. The van der Waals surface area contributed by atoms with E-state index in [-0.39, 0.29) is 22.4 Å². The van der Waals surface area contributed by atoms with Crippen molar-refractivity contribution >= 4 is 54.3 Å². The van der Waals surface area contributed by atoms with Crippen molar-refractivity contribution in [3.63, 3.8) is 0 Å². The Kier molecular flexibility index (Phi) is 36.5. The van der Waals surface area contributed by atoms with Gasteiger partial charge in [-0.2, -0.15) is 12.6 Å². The number of likely N-dealkylation sites (N-methyl/N-ethyl adjacent to an activating group) is 2. The number of benzene rings is 1. The largest absolute Gasteiger partial charge is 0.401 e. The van der Waals surface area contributed by atoms with Crippen molar-refractivity contribution in [2.45, 2.75) is 157 Å². The summed E-state index contributed by atoms with van der Waals surface area (Å²) in [5.74, 6) is 0.535. The van der Waals surface area contributed by atoms with Crippen LogP contribution >= 0.6 is 12.6 Å². The molecule has 3 aromatic rings. The van der Waals surface area contributed by atoms with E-state index < -0.39 is 0 Å². The number of fused-ring (bicyclic) bond motifs is 1. The monoisotopic (exact) mass is 1030 g/mol. The van der Waals surface area contributed by atoms with E-state index in [1.54, 1.807) is 7.11 Å². The number of hydrazine groups is 1. The molecule has 0 saturated carbocycles. The van der Waals surface area contributed by atoms with E-state index >= 15 is 0 Å². The van der Waals surface area contributed by atoms with Crippen LogP contribution in [0.25, 0.3) is 27.9 Å². The highest BCUT2D eigenvalue weighted by molar-refractivity contribution is 7.80. The summed E-state index contributed by atoms with van der Waals surface area (Å²) >= 11 is 4.62. The Morgan fingerprint density at radius 2 is 1.75 bits per heavy atom. The van der Waals surface area contributed by atoms with Gasteiger partial charge in [-0.25, -0.2) is 5.43 Å². The second kappa shape index (κ2) is 37.9. The van der Waals surface area contributed by atoms with E-state index in [1.165, 1.54) is 35.3 Å². The third kappa shape index (κ3) is 23.6. The van der Waals surface area contributed by atoms with Gasteiger partial charge in [0.15, 0.2) is 0 Å². The number of nitrogens with two attached hydrogens (primary N) is 2. The number of hydrogen-bond acceptors (Lipinski definition) is 14. The number of aryl methyl sites for hydroxylation is 1.